The quantitative estimate of drug-likeness (QED) is 0.868. The molecule has 2 amide bonds. The van der Waals surface area contributed by atoms with Crippen molar-refractivity contribution in [2.24, 2.45) is 11.3 Å². The van der Waals surface area contributed by atoms with Gasteiger partial charge in [-0.05, 0) is 37.5 Å². The second kappa shape index (κ2) is 4.98. The molecule has 0 saturated carbocycles. The van der Waals surface area contributed by atoms with Crippen molar-refractivity contribution in [3.63, 3.8) is 0 Å². The zero-order valence-electron chi connectivity index (χ0n) is 12.6. The maximum absolute atomic E-state index is 12.7. The average Bonchev–Trinajstić information content (AvgIpc) is 2.62. The van der Waals surface area contributed by atoms with Crippen LogP contribution in [0.25, 0.3) is 0 Å². The number of carboxylic acids is 1. The standard InChI is InChI=1S/C16H19NO4/c1-9(2)16(4)8-13(18)17(15(16)21)12-7-5-6-11(10(12)3)14(19)20/h5-7,9H,8H2,1-4H3,(H,19,20). The Hall–Kier alpha value is -2.17. The van der Waals surface area contributed by atoms with Gasteiger partial charge in [0.15, 0.2) is 0 Å². The van der Waals surface area contributed by atoms with Crippen LogP contribution in [-0.4, -0.2) is 22.9 Å². The number of rotatable bonds is 3. The lowest BCUT2D eigenvalue weighted by atomic mass is 9.78. The number of carbonyl (C=O) groups is 3. The number of aromatic carboxylic acids is 1. The average molecular weight is 289 g/mol. The number of hydrogen-bond acceptors (Lipinski definition) is 3. The van der Waals surface area contributed by atoms with Crippen molar-refractivity contribution in [3.05, 3.63) is 29.3 Å². The van der Waals surface area contributed by atoms with Crippen molar-refractivity contribution in [2.75, 3.05) is 4.90 Å². The molecule has 0 bridgehead atoms. The predicted molar refractivity (Wildman–Crippen MR) is 78.2 cm³/mol. The third-order valence-electron chi connectivity index (χ3n) is 4.51. The lowest BCUT2D eigenvalue weighted by Gasteiger charge is -2.26. The molecular formula is C16H19NO4. The van der Waals surface area contributed by atoms with Crippen molar-refractivity contribution in [1.29, 1.82) is 0 Å². The van der Waals surface area contributed by atoms with Gasteiger partial charge in [0.2, 0.25) is 11.8 Å². The van der Waals surface area contributed by atoms with Crippen LogP contribution in [0.4, 0.5) is 5.69 Å². The third kappa shape index (κ3) is 2.22. The van der Waals surface area contributed by atoms with E-state index in [2.05, 4.69) is 0 Å². The van der Waals surface area contributed by atoms with Crippen molar-refractivity contribution in [2.45, 2.75) is 34.1 Å². The van der Waals surface area contributed by atoms with Crippen LogP contribution in [0, 0.1) is 18.3 Å². The van der Waals surface area contributed by atoms with Crippen LogP contribution in [0.3, 0.4) is 0 Å². The minimum Gasteiger partial charge on any atom is -0.478 e. The van der Waals surface area contributed by atoms with Gasteiger partial charge in [0, 0.05) is 6.42 Å². The molecule has 112 valence electrons. The molecular weight excluding hydrogens is 270 g/mol. The zero-order valence-corrected chi connectivity index (χ0v) is 12.6. The summed E-state index contributed by atoms with van der Waals surface area (Å²) in [4.78, 5) is 37.3. The van der Waals surface area contributed by atoms with E-state index in [9.17, 15) is 14.4 Å². The van der Waals surface area contributed by atoms with Gasteiger partial charge in [-0.25, -0.2) is 9.69 Å². The molecule has 0 aliphatic carbocycles. The largest absolute Gasteiger partial charge is 0.478 e. The first-order valence-electron chi connectivity index (χ1n) is 6.90. The van der Waals surface area contributed by atoms with Gasteiger partial charge in [-0.3, -0.25) is 9.59 Å². The Kier molecular flexibility index (Phi) is 3.61. The van der Waals surface area contributed by atoms with Gasteiger partial charge >= 0.3 is 5.97 Å². The van der Waals surface area contributed by atoms with Crippen molar-refractivity contribution < 1.29 is 19.5 Å². The first-order valence-corrected chi connectivity index (χ1v) is 6.90. The van der Waals surface area contributed by atoms with E-state index in [0.717, 1.165) is 4.90 Å². The van der Waals surface area contributed by atoms with Crippen molar-refractivity contribution >= 4 is 23.5 Å². The smallest absolute Gasteiger partial charge is 0.336 e. The van der Waals surface area contributed by atoms with Crippen molar-refractivity contribution in [1.82, 2.24) is 0 Å². The number of anilines is 1. The van der Waals surface area contributed by atoms with Crippen LogP contribution in [0.5, 0.6) is 0 Å². The molecule has 21 heavy (non-hydrogen) atoms. The molecule has 1 aliphatic rings. The molecule has 1 atom stereocenters. The topological polar surface area (TPSA) is 74.7 Å². The Morgan fingerprint density at radius 3 is 2.43 bits per heavy atom. The van der Waals surface area contributed by atoms with E-state index in [4.69, 9.17) is 5.11 Å². The number of carboxylic acid groups (broad SMARTS) is 1. The molecule has 1 aromatic carbocycles. The summed E-state index contributed by atoms with van der Waals surface area (Å²) in [6.07, 6.45) is 0.153. The van der Waals surface area contributed by atoms with Gasteiger partial charge in [0.05, 0.1) is 16.7 Å². The Labute approximate surface area is 123 Å². The SMILES string of the molecule is Cc1c(C(=O)O)cccc1N1C(=O)CC(C)(C(C)C)C1=O. The van der Waals surface area contributed by atoms with Gasteiger partial charge < -0.3 is 5.11 Å². The van der Waals surface area contributed by atoms with E-state index in [1.807, 2.05) is 13.8 Å². The van der Waals surface area contributed by atoms with Crippen LogP contribution in [0.1, 0.15) is 43.1 Å². The lowest BCUT2D eigenvalue weighted by Crippen LogP contribution is -2.37. The first kappa shape index (κ1) is 15.2. The highest BCUT2D eigenvalue weighted by molar-refractivity contribution is 6.23. The molecule has 1 N–H and O–H groups in total. The molecule has 1 heterocycles. The number of hydrogen-bond donors (Lipinski definition) is 1. The normalized spacial score (nSPS) is 22.2. The van der Waals surface area contributed by atoms with Crippen LogP contribution < -0.4 is 4.90 Å². The molecule has 0 spiro atoms. The fourth-order valence-electron chi connectivity index (χ4n) is 2.63. The lowest BCUT2D eigenvalue weighted by molar-refractivity contribution is -0.126. The Morgan fingerprint density at radius 1 is 1.33 bits per heavy atom. The van der Waals surface area contributed by atoms with Crippen LogP contribution in [0.2, 0.25) is 0 Å². The fourth-order valence-corrected chi connectivity index (χ4v) is 2.63. The number of benzene rings is 1. The number of nitrogens with zero attached hydrogens (tertiary/aromatic N) is 1. The molecule has 1 aromatic rings. The molecule has 1 fully saturated rings. The summed E-state index contributed by atoms with van der Waals surface area (Å²) in [5.41, 5.74) is 0.170. The molecule has 0 radical (unpaired) electrons. The first-order chi connectivity index (χ1) is 9.70. The fraction of sp³-hybridized carbons (Fsp3) is 0.438. The van der Waals surface area contributed by atoms with Gasteiger partial charge in [0.1, 0.15) is 0 Å². The zero-order chi connectivity index (χ0) is 15.9. The van der Waals surface area contributed by atoms with Crippen LogP contribution >= 0.6 is 0 Å². The maximum atomic E-state index is 12.7. The highest BCUT2D eigenvalue weighted by atomic mass is 16.4. The number of carbonyl (C=O) groups excluding carboxylic acids is 2. The van der Waals surface area contributed by atoms with E-state index >= 15 is 0 Å². The minimum atomic E-state index is -1.07. The highest BCUT2D eigenvalue weighted by Gasteiger charge is 2.50. The van der Waals surface area contributed by atoms with Gasteiger partial charge in [0.25, 0.3) is 0 Å². The second-order valence-corrected chi connectivity index (χ2v) is 6.04. The van der Waals surface area contributed by atoms with E-state index < -0.39 is 11.4 Å². The third-order valence-corrected chi connectivity index (χ3v) is 4.51. The van der Waals surface area contributed by atoms with Gasteiger partial charge in [-0.15, -0.1) is 0 Å². The van der Waals surface area contributed by atoms with E-state index in [1.54, 1.807) is 26.0 Å². The molecule has 1 unspecified atom stereocenters. The maximum Gasteiger partial charge on any atom is 0.336 e. The molecule has 1 aliphatic heterocycles. The molecule has 1 saturated heterocycles. The summed E-state index contributed by atoms with van der Waals surface area (Å²) in [7, 11) is 0. The van der Waals surface area contributed by atoms with E-state index in [0.29, 0.717) is 11.3 Å². The monoisotopic (exact) mass is 289 g/mol. The van der Waals surface area contributed by atoms with Gasteiger partial charge in [-0.2, -0.15) is 0 Å². The number of amides is 2. The molecule has 5 nitrogen and oxygen atoms in total. The minimum absolute atomic E-state index is 0.0295. The summed E-state index contributed by atoms with van der Waals surface area (Å²) >= 11 is 0. The summed E-state index contributed by atoms with van der Waals surface area (Å²) in [5.74, 6) is -1.57. The van der Waals surface area contributed by atoms with Crippen molar-refractivity contribution in [3.8, 4) is 0 Å². The molecule has 2 rings (SSSR count). The summed E-state index contributed by atoms with van der Waals surface area (Å²) in [5, 5.41) is 9.17. The molecule has 5 heteroatoms. The van der Waals surface area contributed by atoms with E-state index in [1.165, 1.54) is 6.07 Å². The molecule has 0 aromatic heterocycles. The highest BCUT2D eigenvalue weighted by Crippen LogP contribution is 2.42. The van der Waals surface area contributed by atoms with Crippen LogP contribution in [-0.2, 0) is 9.59 Å². The Morgan fingerprint density at radius 2 is 1.95 bits per heavy atom. The Balaban J connectivity index is 2.53. The van der Waals surface area contributed by atoms with Crippen LogP contribution in [0.15, 0.2) is 18.2 Å². The number of imide groups is 1. The summed E-state index contributed by atoms with van der Waals surface area (Å²) in [6.45, 7) is 7.23. The summed E-state index contributed by atoms with van der Waals surface area (Å²) < 4.78 is 0. The Bertz CT molecular complexity index is 635. The predicted octanol–water partition coefficient (Wildman–Crippen LogP) is 2.62. The van der Waals surface area contributed by atoms with Gasteiger partial charge in [-0.1, -0.05) is 19.9 Å². The summed E-state index contributed by atoms with van der Waals surface area (Å²) in [6, 6.07) is 4.63. The second-order valence-electron chi connectivity index (χ2n) is 6.04. The van der Waals surface area contributed by atoms with E-state index in [-0.39, 0.29) is 29.7 Å².